The maximum absolute atomic E-state index is 13.1. The molecule has 0 aliphatic carbocycles. The lowest BCUT2D eigenvalue weighted by Gasteiger charge is -2.19. The number of ether oxygens (including phenoxy) is 1. The molecular weight excluding hydrogens is 235 g/mol. The molecule has 0 bridgehead atoms. The number of benzene rings is 1. The topological polar surface area (TPSA) is 39.4 Å². The molecule has 1 aromatic carbocycles. The van der Waals surface area contributed by atoms with Crippen molar-refractivity contribution in [1.29, 1.82) is 0 Å². The molecule has 0 amide bonds. The first-order valence-corrected chi connectivity index (χ1v) is 5.96. The van der Waals surface area contributed by atoms with Gasteiger partial charge in [-0.15, -0.1) is 0 Å². The Labute approximate surface area is 104 Å². The summed E-state index contributed by atoms with van der Waals surface area (Å²) < 4.78 is 24.0. The fraction of sp³-hybridized carbons (Fsp3) is 0.357. The lowest BCUT2D eigenvalue weighted by atomic mass is 9.95. The van der Waals surface area contributed by atoms with Gasteiger partial charge in [-0.2, -0.15) is 0 Å². The van der Waals surface area contributed by atoms with Gasteiger partial charge in [0.25, 0.3) is 0 Å². The number of Topliss-reactive ketones (excluding diaryl/α,β-unsaturated/α-hetero) is 1. The van der Waals surface area contributed by atoms with Gasteiger partial charge in [-0.25, -0.2) is 4.39 Å². The minimum atomic E-state index is -0.799. The largest absolute Gasteiger partial charge is 0.453 e. The minimum absolute atomic E-state index is 0.170. The summed E-state index contributed by atoms with van der Waals surface area (Å²) in [5, 5.41) is 0.597. The Morgan fingerprint density at radius 1 is 1.39 bits per heavy atom. The zero-order chi connectivity index (χ0) is 12.8. The second-order valence-electron chi connectivity index (χ2n) is 4.80. The summed E-state index contributed by atoms with van der Waals surface area (Å²) in [5.74, 6) is -0.276. The first kappa shape index (κ1) is 11.4. The smallest absolute Gasteiger partial charge is 0.229 e. The van der Waals surface area contributed by atoms with E-state index in [-0.39, 0.29) is 17.4 Å². The number of carbonyl (C=O) groups excluding carboxylic acids is 1. The first-order chi connectivity index (χ1) is 8.58. The molecule has 0 spiro atoms. The van der Waals surface area contributed by atoms with Crippen LogP contribution in [-0.4, -0.2) is 18.0 Å². The number of halogens is 1. The molecule has 1 unspecified atom stereocenters. The Bertz CT molecular complexity index is 609. The lowest BCUT2D eigenvalue weighted by molar-refractivity contribution is 0.0192. The van der Waals surface area contributed by atoms with E-state index in [1.165, 1.54) is 18.2 Å². The first-order valence-electron chi connectivity index (χ1n) is 5.96. The second kappa shape index (κ2) is 3.92. The van der Waals surface area contributed by atoms with Gasteiger partial charge in [-0.05, 0) is 44.0 Å². The van der Waals surface area contributed by atoms with E-state index >= 15 is 0 Å². The molecule has 94 valence electrons. The van der Waals surface area contributed by atoms with E-state index in [4.69, 9.17) is 9.15 Å². The van der Waals surface area contributed by atoms with Crippen LogP contribution >= 0.6 is 0 Å². The molecule has 2 aromatic rings. The van der Waals surface area contributed by atoms with Gasteiger partial charge in [-0.1, -0.05) is 0 Å². The molecule has 1 fully saturated rings. The van der Waals surface area contributed by atoms with Crippen molar-refractivity contribution in [2.75, 3.05) is 6.61 Å². The fourth-order valence-electron chi connectivity index (χ4n) is 2.34. The molecule has 0 N–H and O–H groups in total. The van der Waals surface area contributed by atoms with Crippen LogP contribution in [-0.2, 0) is 4.74 Å². The Morgan fingerprint density at radius 3 is 2.94 bits per heavy atom. The molecule has 0 radical (unpaired) electrons. The van der Waals surface area contributed by atoms with Crippen LogP contribution in [0.4, 0.5) is 4.39 Å². The van der Waals surface area contributed by atoms with Gasteiger partial charge in [0.05, 0.1) is 0 Å². The van der Waals surface area contributed by atoms with E-state index in [2.05, 4.69) is 0 Å². The fourth-order valence-corrected chi connectivity index (χ4v) is 2.34. The predicted molar refractivity (Wildman–Crippen MR) is 64.1 cm³/mol. The standard InChI is InChI=1S/C14H13FO3/c1-14(5-2-6-17-14)13(16)12-8-9-7-10(15)3-4-11(9)18-12/h3-4,7-8H,2,5-6H2,1H3. The van der Waals surface area contributed by atoms with E-state index < -0.39 is 5.60 Å². The van der Waals surface area contributed by atoms with Crippen molar-refractivity contribution in [2.24, 2.45) is 0 Å². The van der Waals surface area contributed by atoms with E-state index in [9.17, 15) is 9.18 Å². The van der Waals surface area contributed by atoms with Crippen molar-refractivity contribution >= 4 is 16.8 Å². The second-order valence-corrected chi connectivity index (χ2v) is 4.80. The molecule has 0 saturated carbocycles. The van der Waals surface area contributed by atoms with Gasteiger partial charge in [0.2, 0.25) is 5.78 Å². The summed E-state index contributed by atoms with van der Waals surface area (Å²) in [6.07, 6.45) is 1.56. The molecule has 1 aromatic heterocycles. The molecule has 1 aliphatic heterocycles. The Morgan fingerprint density at radius 2 is 2.22 bits per heavy atom. The number of hydrogen-bond acceptors (Lipinski definition) is 3. The third kappa shape index (κ3) is 1.73. The highest BCUT2D eigenvalue weighted by atomic mass is 19.1. The van der Waals surface area contributed by atoms with Crippen LogP contribution in [0, 0.1) is 5.82 Å². The Hall–Kier alpha value is -1.68. The van der Waals surface area contributed by atoms with Crippen LogP contribution in [0.2, 0.25) is 0 Å². The summed E-state index contributed by atoms with van der Waals surface area (Å²) in [6.45, 7) is 2.37. The Balaban J connectivity index is 2.01. The monoisotopic (exact) mass is 248 g/mol. The third-order valence-electron chi connectivity index (χ3n) is 3.40. The van der Waals surface area contributed by atoms with Gasteiger partial charge >= 0.3 is 0 Å². The number of carbonyl (C=O) groups is 1. The van der Waals surface area contributed by atoms with Crippen LogP contribution in [0.3, 0.4) is 0 Å². The average Bonchev–Trinajstić information content (AvgIpc) is 2.94. The van der Waals surface area contributed by atoms with Gasteiger partial charge in [0, 0.05) is 12.0 Å². The van der Waals surface area contributed by atoms with Crippen molar-refractivity contribution in [1.82, 2.24) is 0 Å². The molecule has 1 atom stereocenters. The molecular formula is C14H13FO3. The third-order valence-corrected chi connectivity index (χ3v) is 3.40. The molecule has 18 heavy (non-hydrogen) atoms. The van der Waals surface area contributed by atoms with Crippen LogP contribution < -0.4 is 0 Å². The highest BCUT2D eigenvalue weighted by molar-refractivity contribution is 6.02. The zero-order valence-electron chi connectivity index (χ0n) is 10.0. The summed E-state index contributed by atoms with van der Waals surface area (Å²) in [6, 6.07) is 5.77. The quantitative estimate of drug-likeness (QED) is 0.765. The van der Waals surface area contributed by atoms with E-state index in [1.54, 1.807) is 13.0 Å². The molecule has 3 rings (SSSR count). The van der Waals surface area contributed by atoms with Crippen molar-refractivity contribution < 1.29 is 18.3 Å². The number of furan rings is 1. The van der Waals surface area contributed by atoms with Crippen molar-refractivity contribution in [3.8, 4) is 0 Å². The van der Waals surface area contributed by atoms with Crippen molar-refractivity contribution in [2.45, 2.75) is 25.4 Å². The van der Waals surface area contributed by atoms with Gasteiger partial charge in [0.15, 0.2) is 5.76 Å². The number of hydrogen-bond donors (Lipinski definition) is 0. The normalized spacial score (nSPS) is 23.7. The van der Waals surface area contributed by atoms with Gasteiger partial charge < -0.3 is 9.15 Å². The molecule has 3 nitrogen and oxygen atoms in total. The molecule has 2 heterocycles. The zero-order valence-corrected chi connectivity index (χ0v) is 10.0. The van der Waals surface area contributed by atoms with E-state index in [1.807, 2.05) is 0 Å². The van der Waals surface area contributed by atoms with Crippen LogP contribution in [0.5, 0.6) is 0 Å². The maximum atomic E-state index is 13.1. The lowest BCUT2D eigenvalue weighted by Crippen LogP contribution is -2.33. The van der Waals surface area contributed by atoms with Crippen molar-refractivity contribution in [3.63, 3.8) is 0 Å². The minimum Gasteiger partial charge on any atom is -0.453 e. The highest BCUT2D eigenvalue weighted by Gasteiger charge is 2.39. The number of ketones is 1. The molecule has 1 saturated heterocycles. The summed E-state index contributed by atoms with van der Waals surface area (Å²) in [4.78, 5) is 12.3. The van der Waals surface area contributed by atoms with Crippen molar-refractivity contribution in [3.05, 3.63) is 35.8 Å². The number of fused-ring (bicyclic) bond motifs is 1. The SMILES string of the molecule is CC1(C(=O)c2cc3cc(F)ccc3o2)CCCO1. The van der Waals surface area contributed by atoms with Crippen LogP contribution in [0.1, 0.15) is 30.3 Å². The van der Waals surface area contributed by atoms with E-state index in [0.717, 1.165) is 6.42 Å². The highest BCUT2D eigenvalue weighted by Crippen LogP contribution is 2.31. The predicted octanol–water partition coefficient (Wildman–Crippen LogP) is 3.32. The van der Waals surface area contributed by atoms with Crippen LogP contribution in [0.15, 0.2) is 28.7 Å². The van der Waals surface area contributed by atoms with E-state index in [0.29, 0.717) is 24.0 Å². The van der Waals surface area contributed by atoms with Gasteiger partial charge in [-0.3, -0.25) is 4.79 Å². The number of rotatable bonds is 2. The molecule has 1 aliphatic rings. The summed E-state index contributed by atoms with van der Waals surface area (Å²) in [7, 11) is 0. The summed E-state index contributed by atoms with van der Waals surface area (Å²) in [5.41, 5.74) is -0.284. The Kier molecular flexibility index (Phi) is 2.48. The van der Waals surface area contributed by atoms with Crippen LogP contribution in [0.25, 0.3) is 11.0 Å². The van der Waals surface area contributed by atoms with Gasteiger partial charge in [0.1, 0.15) is 17.0 Å². The average molecular weight is 248 g/mol. The summed E-state index contributed by atoms with van der Waals surface area (Å²) >= 11 is 0. The molecule has 4 heteroatoms. The maximum Gasteiger partial charge on any atom is 0.229 e.